The molecule has 0 radical (unpaired) electrons. The minimum atomic E-state index is 0.509. The Kier molecular flexibility index (Phi) is 4.26. The van der Waals surface area contributed by atoms with E-state index in [0.717, 1.165) is 28.0 Å². The molecule has 0 saturated carbocycles. The van der Waals surface area contributed by atoms with Crippen LogP contribution in [0.2, 0.25) is 0 Å². The molecule has 0 amide bonds. The molecule has 0 aliphatic rings. The highest BCUT2D eigenvalue weighted by Crippen LogP contribution is 2.30. The Balaban J connectivity index is 2.33. The Bertz CT molecular complexity index is 955. The van der Waals surface area contributed by atoms with Crippen molar-refractivity contribution in [1.29, 1.82) is 0 Å². The van der Waals surface area contributed by atoms with Crippen LogP contribution >= 0.6 is 0 Å². The Morgan fingerprint density at radius 1 is 1.24 bits per heavy atom. The van der Waals surface area contributed by atoms with Crippen molar-refractivity contribution < 1.29 is 0 Å². The number of aliphatic imine (C=N–C) groups is 1. The van der Waals surface area contributed by atoms with E-state index in [2.05, 4.69) is 25.4 Å². The van der Waals surface area contributed by atoms with E-state index in [-0.39, 0.29) is 0 Å². The first kappa shape index (κ1) is 16.7. The molecule has 0 aliphatic heterocycles. The monoisotopic (exact) mass is 338 g/mol. The lowest BCUT2D eigenvalue weighted by molar-refractivity contribution is 0.643. The predicted molar refractivity (Wildman–Crippen MR) is 102 cm³/mol. The number of benzene rings is 1. The SMILES string of the molecule is CNc1nc(N=CN(C)C)c2c(n1)c(C)nn2-c1ccc(N)cc1C. The molecule has 0 aliphatic carbocycles. The van der Waals surface area contributed by atoms with Gasteiger partial charge in [0.05, 0.1) is 17.7 Å². The van der Waals surface area contributed by atoms with Gasteiger partial charge < -0.3 is 16.0 Å². The van der Waals surface area contributed by atoms with Gasteiger partial charge in [-0.1, -0.05) is 0 Å². The van der Waals surface area contributed by atoms with E-state index in [4.69, 9.17) is 5.73 Å². The van der Waals surface area contributed by atoms with Crippen molar-refractivity contribution in [2.45, 2.75) is 13.8 Å². The van der Waals surface area contributed by atoms with Crippen molar-refractivity contribution in [2.75, 3.05) is 32.2 Å². The van der Waals surface area contributed by atoms with Gasteiger partial charge in [-0.3, -0.25) is 0 Å². The molecule has 1 aromatic carbocycles. The lowest BCUT2D eigenvalue weighted by Crippen LogP contribution is -2.08. The summed E-state index contributed by atoms with van der Waals surface area (Å²) in [5.74, 6) is 1.06. The standard InChI is InChI=1S/C17H22N8/c1-10-8-12(18)6-7-13(10)25-15-14(11(2)23-25)21-17(19-3)22-16(15)20-9-24(4)5/h6-9H,18H2,1-5H3,(H,19,21,22). The Morgan fingerprint density at radius 3 is 2.64 bits per heavy atom. The number of nitrogens with two attached hydrogens (primary N) is 1. The third kappa shape index (κ3) is 3.10. The number of anilines is 2. The summed E-state index contributed by atoms with van der Waals surface area (Å²) < 4.78 is 1.83. The maximum Gasteiger partial charge on any atom is 0.225 e. The molecule has 2 aromatic heterocycles. The minimum absolute atomic E-state index is 0.509. The lowest BCUT2D eigenvalue weighted by Gasteiger charge is -2.10. The van der Waals surface area contributed by atoms with Crippen molar-refractivity contribution >= 4 is 34.8 Å². The first-order chi connectivity index (χ1) is 11.9. The summed E-state index contributed by atoms with van der Waals surface area (Å²) in [4.78, 5) is 15.4. The summed E-state index contributed by atoms with van der Waals surface area (Å²) in [5, 5.41) is 7.65. The summed E-state index contributed by atoms with van der Waals surface area (Å²) in [6.45, 7) is 3.93. The number of rotatable bonds is 4. The Hall–Kier alpha value is -3.16. The fourth-order valence-corrected chi connectivity index (χ4v) is 2.60. The number of fused-ring (bicyclic) bond motifs is 1. The molecule has 0 saturated heterocycles. The highest BCUT2D eigenvalue weighted by molar-refractivity contribution is 5.90. The van der Waals surface area contributed by atoms with Crippen molar-refractivity contribution in [2.24, 2.45) is 4.99 Å². The summed E-state index contributed by atoms with van der Waals surface area (Å²) in [5.41, 5.74) is 10.9. The van der Waals surface area contributed by atoms with Crippen LogP contribution in [0.25, 0.3) is 16.7 Å². The minimum Gasteiger partial charge on any atom is -0.399 e. The third-order valence-corrected chi connectivity index (χ3v) is 3.75. The van der Waals surface area contributed by atoms with E-state index in [1.165, 1.54) is 0 Å². The average molecular weight is 338 g/mol. The summed E-state index contributed by atoms with van der Waals surface area (Å²) in [6, 6.07) is 5.72. The van der Waals surface area contributed by atoms with Crippen LogP contribution in [0.15, 0.2) is 23.2 Å². The van der Waals surface area contributed by atoms with E-state index in [0.29, 0.717) is 17.5 Å². The van der Waals surface area contributed by atoms with Gasteiger partial charge >= 0.3 is 0 Å². The van der Waals surface area contributed by atoms with E-state index < -0.39 is 0 Å². The fraction of sp³-hybridized carbons (Fsp3) is 0.294. The predicted octanol–water partition coefficient (Wildman–Crippen LogP) is 2.28. The molecule has 3 N–H and O–H groups in total. The lowest BCUT2D eigenvalue weighted by atomic mass is 10.2. The van der Waals surface area contributed by atoms with Gasteiger partial charge in [-0.05, 0) is 37.6 Å². The molecule has 3 aromatic rings. The molecule has 0 bridgehead atoms. The number of nitrogens with one attached hydrogen (secondary N) is 1. The van der Waals surface area contributed by atoms with Gasteiger partial charge in [0.15, 0.2) is 5.82 Å². The van der Waals surface area contributed by atoms with Crippen LogP contribution in [0.4, 0.5) is 17.5 Å². The van der Waals surface area contributed by atoms with Crippen molar-refractivity contribution in [3.8, 4) is 5.69 Å². The van der Waals surface area contributed by atoms with Crippen LogP contribution in [0.3, 0.4) is 0 Å². The second-order valence-electron chi connectivity index (χ2n) is 6.07. The molecule has 0 atom stereocenters. The number of aryl methyl sites for hydroxylation is 2. The van der Waals surface area contributed by atoms with Gasteiger partial charge in [0.25, 0.3) is 0 Å². The molecule has 25 heavy (non-hydrogen) atoms. The number of aromatic nitrogens is 4. The van der Waals surface area contributed by atoms with Gasteiger partial charge in [-0.2, -0.15) is 10.1 Å². The summed E-state index contributed by atoms with van der Waals surface area (Å²) in [6.07, 6.45) is 1.71. The second-order valence-corrected chi connectivity index (χ2v) is 6.07. The van der Waals surface area contributed by atoms with Gasteiger partial charge in [0.1, 0.15) is 11.0 Å². The van der Waals surface area contributed by atoms with Crippen LogP contribution in [-0.2, 0) is 0 Å². The van der Waals surface area contributed by atoms with Gasteiger partial charge in [0.2, 0.25) is 5.95 Å². The highest BCUT2D eigenvalue weighted by atomic mass is 15.3. The molecule has 0 spiro atoms. The number of hydrogen-bond donors (Lipinski definition) is 2. The molecule has 0 fully saturated rings. The third-order valence-electron chi connectivity index (χ3n) is 3.75. The van der Waals surface area contributed by atoms with E-state index >= 15 is 0 Å². The molecule has 2 heterocycles. The van der Waals surface area contributed by atoms with Crippen molar-refractivity contribution in [3.05, 3.63) is 29.5 Å². The maximum absolute atomic E-state index is 5.88. The van der Waals surface area contributed by atoms with Crippen LogP contribution in [0.5, 0.6) is 0 Å². The zero-order chi connectivity index (χ0) is 18.1. The average Bonchev–Trinajstić information content (AvgIpc) is 2.89. The van der Waals surface area contributed by atoms with Gasteiger partial charge in [0, 0.05) is 26.8 Å². The first-order valence-electron chi connectivity index (χ1n) is 7.93. The van der Waals surface area contributed by atoms with E-state index in [1.807, 2.05) is 55.7 Å². The molecule has 0 unspecified atom stereocenters. The normalized spacial score (nSPS) is 11.4. The molecule has 130 valence electrons. The van der Waals surface area contributed by atoms with E-state index in [1.54, 1.807) is 13.4 Å². The second kappa shape index (κ2) is 6.39. The molecule has 3 rings (SSSR count). The fourth-order valence-electron chi connectivity index (χ4n) is 2.60. The Labute approximate surface area is 146 Å². The maximum atomic E-state index is 5.88. The number of nitrogen functional groups attached to an aromatic ring is 1. The quantitative estimate of drug-likeness (QED) is 0.430. The highest BCUT2D eigenvalue weighted by Gasteiger charge is 2.18. The van der Waals surface area contributed by atoms with Crippen LogP contribution in [-0.4, -0.2) is 52.1 Å². The van der Waals surface area contributed by atoms with Crippen molar-refractivity contribution in [1.82, 2.24) is 24.6 Å². The number of hydrogen-bond acceptors (Lipinski definition) is 6. The molecule has 8 heteroatoms. The van der Waals surface area contributed by atoms with E-state index in [9.17, 15) is 0 Å². The summed E-state index contributed by atoms with van der Waals surface area (Å²) in [7, 11) is 5.60. The van der Waals surface area contributed by atoms with Crippen molar-refractivity contribution in [3.63, 3.8) is 0 Å². The van der Waals surface area contributed by atoms with Crippen LogP contribution in [0, 0.1) is 13.8 Å². The zero-order valence-electron chi connectivity index (χ0n) is 15.1. The number of nitrogens with zero attached hydrogens (tertiary/aromatic N) is 6. The Morgan fingerprint density at radius 2 is 2.00 bits per heavy atom. The van der Waals surface area contributed by atoms with Crippen LogP contribution < -0.4 is 11.1 Å². The molecular weight excluding hydrogens is 316 g/mol. The molecular formula is C17H22N8. The van der Waals surface area contributed by atoms with Gasteiger partial charge in [-0.15, -0.1) is 0 Å². The van der Waals surface area contributed by atoms with Crippen LogP contribution in [0.1, 0.15) is 11.3 Å². The largest absolute Gasteiger partial charge is 0.399 e. The molecule has 8 nitrogen and oxygen atoms in total. The van der Waals surface area contributed by atoms with Gasteiger partial charge in [-0.25, -0.2) is 14.7 Å². The first-order valence-corrected chi connectivity index (χ1v) is 7.93. The zero-order valence-corrected chi connectivity index (χ0v) is 15.1. The topological polar surface area (TPSA) is 97.3 Å². The smallest absolute Gasteiger partial charge is 0.225 e. The summed E-state index contributed by atoms with van der Waals surface area (Å²) >= 11 is 0.